The lowest BCUT2D eigenvalue weighted by atomic mass is 10.2. The zero-order valence-corrected chi connectivity index (χ0v) is 8.21. The molecule has 0 spiro atoms. The van der Waals surface area contributed by atoms with Crippen LogP contribution >= 0.6 is 0 Å². The molecule has 0 saturated heterocycles. The number of aliphatic hydroxyl groups is 1. The van der Waals surface area contributed by atoms with Gasteiger partial charge in [0.2, 0.25) is 5.91 Å². The largest absolute Gasteiger partial charge is 0.396 e. The van der Waals surface area contributed by atoms with Crippen LogP contribution in [0.25, 0.3) is 0 Å². The molecule has 0 aliphatic rings. The average molecular weight is 189 g/mol. The lowest BCUT2D eigenvalue weighted by Gasteiger charge is -2.03. The van der Waals surface area contributed by atoms with Crippen molar-refractivity contribution < 1.29 is 14.6 Å². The number of carbonyl (C=O) groups is 1. The summed E-state index contributed by atoms with van der Waals surface area (Å²) >= 11 is 0. The molecule has 0 saturated carbocycles. The highest BCUT2D eigenvalue weighted by Gasteiger charge is 1.98. The van der Waals surface area contributed by atoms with E-state index >= 15 is 0 Å². The molecule has 0 aliphatic heterocycles. The topological polar surface area (TPSA) is 58.6 Å². The zero-order chi connectivity index (χ0) is 9.94. The van der Waals surface area contributed by atoms with Gasteiger partial charge in [0.05, 0.1) is 0 Å². The number of nitrogens with one attached hydrogen (secondary N) is 1. The molecule has 0 rings (SSSR count). The molecular formula is C9H19NO3. The molecule has 0 unspecified atom stereocenters. The highest BCUT2D eigenvalue weighted by atomic mass is 16.5. The van der Waals surface area contributed by atoms with E-state index in [-0.39, 0.29) is 12.5 Å². The Morgan fingerprint density at radius 3 is 2.77 bits per heavy atom. The van der Waals surface area contributed by atoms with Crippen LogP contribution in [-0.2, 0) is 9.53 Å². The number of carbonyl (C=O) groups excluding carboxylic acids is 1. The maximum absolute atomic E-state index is 11.0. The molecule has 4 nitrogen and oxygen atoms in total. The van der Waals surface area contributed by atoms with Crippen LogP contribution in [0.3, 0.4) is 0 Å². The zero-order valence-electron chi connectivity index (χ0n) is 8.21. The summed E-state index contributed by atoms with van der Waals surface area (Å²) in [6.45, 7) is 1.51. The number of ether oxygens (including phenoxy) is 1. The Kier molecular flexibility index (Phi) is 9.03. The first-order chi connectivity index (χ1) is 6.31. The van der Waals surface area contributed by atoms with Crippen molar-refractivity contribution in [3.05, 3.63) is 0 Å². The summed E-state index contributed by atoms with van der Waals surface area (Å²) in [7, 11) is 1.64. The molecule has 0 aromatic rings. The minimum absolute atomic E-state index is 0.0598. The number of rotatable bonds is 8. The Balaban J connectivity index is 3.11. The van der Waals surface area contributed by atoms with Gasteiger partial charge < -0.3 is 15.2 Å². The average Bonchev–Trinajstić information content (AvgIpc) is 2.13. The van der Waals surface area contributed by atoms with Crippen LogP contribution in [0.4, 0.5) is 0 Å². The summed E-state index contributed by atoms with van der Waals surface area (Å²) in [5.74, 6) is 0.0598. The summed E-state index contributed by atoms with van der Waals surface area (Å²) in [6, 6.07) is 0. The monoisotopic (exact) mass is 189 g/mol. The molecule has 0 heterocycles. The van der Waals surface area contributed by atoms with Crippen molar-refractivity contribution in [2.75, 3.05) is 26.9 Å². The molecule has 1 amide bonds. The predicted molar refractivity (Wildman–Crippen MR) is 50.4 cm³/mol. The van der Waals surface area contributed by atoms with Gasteiger partial charge in [0.15, 0.2) is 0 Å². The molecule has 0 fully saturated rings. The fraction of sp³-hybridized carbons (Fsp3) is 0.889. The first-order valence-corrected chi connectivity index (χ1v) is 4.67. The Labute approximate surface area is 79.3 Å². The third kappa shape index (κ3) is 9.30. The van der Waals surface area contributed by atoms with Gasteiger partial charge in [-0.25, -0.2) is 0 Å². The summed E-state index contributed by atoms with van der Waals surface area (Å²) in [5, 5.41) is 11.3. The molecule has 78 valence electrons. The standard InChI is InChI=1S/C9H19NO3/c1-13-8-4-6-10-9(12)5-2-3-7-11/h11H,2-8H2,1H3,(H,10,12). The van der Waals surface area contributed by atoms with Crippen molar-refractivity contribution in [2.45, 2.75) is 25.7 Å². The second kappa shape index (κ2) is 9.48. The Morgan fingerprint density at radius 1 is 1.38 bits per heavy atom. The van der Waals surface area contributed by atoms with Gasteiger partial charge in [0, 0.05) is 33.3 Å². The van der Waals surface area contributed by atoms with Crippen LogP contribution in [0, 0.1) is 0 Å². The van der Waals surface area contributed by atoms with Crippen molar-refractivity contribution in [2.24, 2.45) is 0 Å². The molecule has 0 aliphatic carbocycles. The molecular weight excluding hydrogens is 170 g/mol. The number of methoxy groups -OCH3 is 1. The summed E-state index contributed by atoms with van der Waals surface area (Å²) in [5.41, 5.74) is 0. The van der Waals surface area contributed by atoms with Gasteiger partial charge in [-0.1, -0.05) is 0 Å². The normalized spacial score (nSPS) is 10.0. The van der Waals surface area contributed by atoms with E-state index in [2.05, 4.69) is 5.32 Å². The minimum atomic E-state index is 0.0598. The second-order valence-corrected chi connectivity index (χ2v) is 2.88. The van der Waals surface area contributed by atoms with E-state index in [1.165, 1.54) is 0 Å². The van der Waals surface area contributed by atoms with Crippen LogP contribution in [0.5, 0.6) is 0 Å². The van der Waals surface area contributed by atoms with Crippen molar-refractivity contribution in [3.8, 4) is 0 Å². The molecule has 4 heteroatoms. The van der Waals surface area contributed by atoms with E-state index in [0.29, 0.717) is 26.0 Å². The lowest BCUT2D eigenvalue weighted by Crippen LogP contribution is -2.24. The Morgan fingerprint density at radius 2 is 2.15 bits per heavy atom. The van der Waals surface area contributed by atoms with Gasteiger partial charge >= 0.3 is 0 Å². The van der Waals surface area contributed by atoms with Crippen molar-refractivity contribution in [1.29, 1.82) is 0 Å². The number of unbranched alkanes of at least 4 members (excludes halogenated alkanes) is 1. The predicted octanol–water partition coefficient (Wildman–Crippen LogP) is 0.302. The molecule has 0 radical (unpaired) electrons. The summed E-state index contributed by atoms with van der Waals surface area (Å²) < 4.78 is 4.84. The third-order valence-corrected chi connectivity index (χ3v) is 1.66. The highest BCUT2D eigenvalue weighted by Crippen LogP contribution is 1.93. The minimum Gasteiger partial charge on any atom is -0.396 e. The smallest absolute Gasteiger partial charge is 0.219 e. The summed E-state index contributed by atoms with van der Waals surface area (Å²) in [4.78, 5) is 11.0. The van der Waals surface area contributed by atoms with E-state index in [4.69, 9.17) is 9.84 Å². The van der Waals surface area contributed by atoms with E-state index in [1.807, 2.05) is 0 Å². The van der Waals surface area contributed by atoms with E-state index in [0.717, 1.165) is 12.8 Å². The lowest BCUT2D eigenvalue weighted by molar-refractivity contribution is -0.121. The van der Waals surface area contributed by atoms with Crippen molar-refractivity contribution in [1.82, 2.24) is 5.32 Å². The SMILES string of the molecule is COCCCNC(=O)CCCCO. The van der Waals surface area contributed by atoms with Crippen molar-refractivity contribution in [3.63, 3.8) is 0 Å². The molecule has 0 aromatic heterocycles. The fourth-order valence-electron chi connectivity index (χ4n) is 0.930. The molecule has 0 bridgehead atoms. The summed E-state index contributed by atoms with van der Waals surface area (Å²) in [6.07, 6.45) is 2.81. The maximum atomic E-state index is 11.0. The molecule has 13 heavy (non-hydrogen) atoms. The second-order valence-electron chi connectivity index (χ2n) is 2.88. The van der Waals surface area contributed by atoms with Crippen LogP contribution in [0.2, 0.25) is 0 Å². The first kappa shape index (κ1) is 12.4. The quantitative estimate of drug-likeness (QED) is 0.540. The molecule has 2 N–H and O–H groups in total. The van der Waals surface area contributed by atoms with Gasteiger partial charge in [-0.3, -0.25) is 4.79 Å². The van der Waals surface area contributed by atoms with Gasteiger partial charge in [-0.05, 0) is 19.3 Å². The van der Waals surface area contributed by atoms with E-state index in [9.17, 15) is 4.79 Å². The highest BCUT2D eigenvalue weighted by molar-refractivity contribution is 5.75. The maximum Gasteiger partial charge on any atom is 0.219 e. The number of amides is 1. The van der Waals surface area contributed by atoms with Crippen LogP contribution < -0.4 is 5.32 Å². The number of hydrogen-bond donors (Lipinski definition) is 2. The van der Waals surface area contributed by atoms with Crippen molar-refractivity contribution >= 4 is 5.91 Å². The van der Waals surface area contributed by atoms with Gasteiger partial charge in [0.25, 0.3) is 0 Å². The molecule has 0 aromatic carbocycles. The Bertz CT molecular complexity index is 128. The fourth-order valence-corrected chi connectivity index (χ4v) is 0.930. The van der Waals surface area contributed by atoms with E-state index < -0.39 is 0 Å². The number of aliphatic hydroxyl groups excluding tert-OH is 1. The Hall–Kier alpha value is -0.610. The van der Waals surface area contributed by atoms with E-state index in [1.54, 1.807) is 7.11 Å². The van der Waals surface area contributed by atoms with Crippen LogP contribution in [-0.4, -0.2) is 37.9 Å². The molecule has 0 atom stereocenters. The van der Waals surface area contributed by atoms with Crippen LogP contribution in [0.15, 0.2) is 0 Å². The van der Waals surface area contributed by atoms with Gasteiger partial charge in [-0.2, -0.15) is 0 Å². The van der Waals surface area contributed by atoms with Crippen LogP contribution in [0.1, 0.15) is 25.7 Å². The van der Waals surface area contributed by atoms with Gasteiger partial charge in [-0.15, -0.1) is 0 Å². The van der Waals surface area contributed by atoms with Gasteiger partial charge in [0.1, 0.15) is 0 Å². The number of hydrogen-bond acceptors (Lipinski definition) is 3. The first-order valence-electron chi connectivity index (χ1n) is 4.67. The third-order valence-electron chi connectivity index (χ3n) is 1.66.